The first kappa shape index (κ1) is 18.3. The quantitative estimate of drug-likeness (QED) is 0.488. The number of hydrogen-bond donors (Lipinski definition) is 2. The number of hydrogen-bond acceptors (Lipinski definition) is 6. The lowest BCUT2D eigenvalue weighted by Crippen LogP contribution is -2.32. The third-order valence-corrected chi connectivity index (χ3v) is 5.94. The van der Waals surface area contributed by atoms with E-state index in [0.29, 0.717) is 16.0 Å². The Kier molecular flexibility index (Phi) is 4.22. The lowest BCUT2D eigenvalue weighted by Gasteiger charge is -2.24. The zero-order chi connectivity index (χ0) is 20.8. The Balaban J connectivity index is 1.68. The van der Waals surface area contributed by atoms with Gasteiger partial charge in [-0.25, -0.2) is 4.98 Å². The molecular formula is C22H16N4O3S. The van der Waals surface area contributed by atoms with Gasteiger partial charge in [0.15, 0.2) is 5.76 Å². The maximum Gasteiger partial charge on any atom is 0.296 e. The number of aryl methyl sites for hydroxylation is 1. The predicted octanol–water partition coefficient (Wildman–Crippen LogP) is 4.11. The number of anilines is 1. The van der Waals surface area contributed by atoms with Gasteiger partial charge in [0, 0.05) is 12.4 Å². The predicted molar refractivity (Wildman–Crippen MR) is 114 cm³/mol. The number of amides is 1. The first-order chi connectivity index (χ1) is 14.5. The van der Waals surface area contributed by atoms with E-state index in [1.54, 1.807) is 42.0 Å². The average Bonchev–Trinajstić information content (AvgIpc) is 3.47. The fourth-order valence-corrected chi connectivity index (χ4v) is 4.36. The van der Waals surface area contributed by atoms with Gasteiger partial charge in [-0.15, -0.1) is 11.3 Å². The van der Waals surface area contributed by atoms with Gasteiger partial charge in [0.25, 0.3) is 5.91 Å². The van der Waals surface area contributed by atoms with Crippen LogP contribution < -0.4 is 4.90 Å². The Morgan fingerprint density at radius 2 is 2.00 bits per heavy atom. The van der Waals surface area contributed by atoms with E-state index >= 15 is 0 Å². The first-order valence-electron chi connectivity index (χ1n) is 9.26. The number of nitrogens with one attached hydrogen (secondary N) is 1. The number of fused-ring (bicyclic) bond motifs is 1. The number of imidazole rings is 1. The van der Waals surface area contributed by atoms with Crippen molar-refractivity contribution in [3.8, 4) is 0 Å². The van der Waals surface area contributed by atoms with Gasteiger partial charge in [-0.3, -0.25) is 19.5 Å². The molecule has 4 aromatic rings. The number of carbonyl (C=O) groups excluding carboxylic acids is 2. The number of pyridine rings is 1. The number of aliphatic hydroxyl groups is 1. The molecule has 8 heteroatoms. The number of rotatable bonds is 4. The maximum atomic E-state index is 13.2. The van der Waals surface area contributed by atoms with Gasteiger partial charge in [0.05, 0.1) is 27.5 Å². The summed E-state index contributed by atoms with van der Waals surface area (Å²) < 4.78 is 0. The van der Waals surface area contributed by atoms with Crippen LogP contribution >= 0.6 is 11.3 Å². The van der Waals surface area contributed by atoms with Crippen molar-refractivity contribution >= 4 is 40.0 Å². The third-order valence-electron chi connectivity index (χ3n) is 5.07. The van der Waals surface area contributed by atoms with E-state index in [9.17, 15) is 14.7 Å². The van der Waals surface area contributed by atoms with E-state index in [4.69, 9.17) is 0 Å². The molecule has 0 spiro atoms. The molecule has 0 saturated carbocycles. The fraction of sp³-hybridized carbons (Fsp3) is 0.0909. The highest BCUT2D eigenvalue weighted by Gasteiger charge is 2.46. The average molecular weight is 416 g/mol. The smallest absolute Gasteiger partial charge is 0.296 e. The van der Waals surface area contributed by atoms with Gasteiger partial charge in [0.2, 0.25) is 11.7 Å². The molecule has 2 N–H and O–H groups in total. The van der Waals surface area contributed by atoms with Gasteiger partial charge in [-0.2, -0.15) is 0 Å². The lowest BCUT2D eigenvalue weighted by atomic mass is 9.96. The van der Waals surface area contributed by atoms with Crippen molar-refractivity contribution in [3.63, 3.8) is 0 Å². The van der Waals surface area contributed by atoms with E-state index in [1.165, 1.54) is 16.2 Å². The monoisotopic (exact) mass is 416 g/mol. The minimum Gasteiger partial charge on any atom is -0.503 e. The summed E-state index contributed by atoms with van der Waals surface area (Å²) in [7, 11) is 0. The van der Waals surface area contributed by atoms with Crippen LogP contribution in [-0.2, 0) is 4.79 Å². The molecule has 1 amide bonds. The summed E-state index contributed by atoms with van der Waals surface area (Å²) in [6.07, 6.45) is 3.17. The molecule has 4 heterocycles. The number of aliphatic hydroxyl groups excluding tert-OH is 1. The van der Waals surface area contributed by atoms with Crippen molar-refractivity contribution in [2.45, 2.75) is 13.0 Å². The topological polar surface area (TPSA) is 99.2 Å². The number of aromatic nitrogens is 3. The van der Waals surface area contributed by atoms with Crippen molar-refractivity contribution in [3.05, 3.63) is 87.6 Å². The second-order valence-electron chi connectivity index (χ2n) is 7.01. The zero-order valence-corrected chi connectivity index (χ0v) is 16.7. The third kappa shape index (κ3) is 2.81. The van der Waals surface area contributed by atoms with Crippen molar-refractivity contribution in [1.82, 2.24) is 15.0 Å². The van der Waals surface area contributed by atoms with Gasteiger partial charge in [-0.05, 0) is 53.8 Å². The van der Waals surface area contributed by atoms with Gasteiger partial charge in [-0.1, -0.05) is 12.1 Å². The molecule has 0 bridgehead atoms. The highest BCUT2D eigenvalue weighted by Crippen LogP contribution is 2.41. The molecule has 1 atom stereocenters. The fourth-order valence-electron chi connectivity index (χ4n) is 3.68. The summed E-state index contributed by atoms with van der Waals surface area (Å²) in [5, 5.41) is 12.5. The summed E-state index contributed by atoms with van der Waals surface area (Å²) in [5.41, 5.74) is 3.19. The van der Waals surface area contributed by atoms with Crippen LogP contribution in [0.25, 0.3) is 11.0 Å². The molecule has 1 aromatic carbocycles. The van der Waals surface area contributed by atoms with Crippen molar-refractivity contribution in [2.75, 3.05) is 4.90 Å². The molecule has 3 aromatic heterocycles. The molecular weight excluding hydrogens is 400 g/mol. The molecule has 0 fully saturated rings. The van der Waals surface area contributed by atoms with Crippen LogP contribution in [0.1, 0.15) is 26.8 Å². The van der Waals surface area contributed by atoms with E-state index < -0.39 is 17.7 Å². The number of ketones is 1. The maximum absolute atomic E-state index is 13.2. The molecule has 5 rings (SSSR count). The zero-order valence-electron chi connectivity index (χ0n) is 15.9. The normalized spacial score (nSPS) is 16.6. The summed E-state index contributed by atoms with van der Waals surface area (Å²) in [6, 6.07) is 11.8. The van der Waals surface area contributed by atoms with E-state index in [1.807, 2.05) is 25.1 Å². The minimum atomic E-state index is -0.822. The number of Topliss-reactive ketones (excluding diaryl/α,β-unsaturated/α-hetero) is 1. The molecule has 1 aliphatic rings. The van der Waals surface area contributed by atoms with Crippen LogP contribution in [-0.4, -0.2) is 31.7 Å². The van der Waals surface area contributed by atoms with Crippen LogP contribution in [0.15, 0.2) is 71.6 Å². The summed E-state index contributed by atoms with van der Waals surface area (Å²) in [4.78, 5) is 39.8. The number of benzene rings is 1. The largest absolute Gasteiger partial charge is 0.503 e. The lowest BCUT2D eigenvalue weighted by molar-refractivity contribution is -0.117. The van der Waals surface area contributed by atoms with Crippen LogP contribution in [0, 0.1) is 6.92 Å². The van der Waals surface area contributed by atoms with Gasteiger partial charge in [0.1, 0.15) is 0 Å². The van der Waals surface area contributed by atoms with E-state index in [2.05, 4.69) is 15.0 Å². The number of carbonyl (C=O) groups is 2. The Hall–Kier alpha value is -3.78. The molecule has 30 heavy (non-hydrogen) atoms. The van der Waals surface area contributed by atoms with Crippen LogP contribution in [0.4, 0.5) is 5.95 Å². The number of H-pyrrole nitrogens is 1. The Labute approximate surface area is 175 Å². The van der Waals surface area contributed by atoms with Crippen molar-refractivity contribution in [2.24, 2.45) is 0 Å². The second-order valence-corrected chi connectivity index (χ2v) is 7.96. The summed E-state index contributed by atoms with van der Waals surface area (Å²) in [5.74, 6) is -1.35. The minimum absolute atomic E-state index is 0.0327. The number of aromatic amines is 1. The van der Waals surface area contributed by atoms with E-state index in [-0.39, 0.29) is 17.3 Å². The van der Waals surface area contributed by atoms with Crippen LogP contribution in [0.3, 0.4) is 0 Å². The molecule has 7 nitrogen and oxygen atoms in total. The van der Waals surface area contributed by atoms with Gasteiger partial charge >= 0.3 is 0 Å². The number of thiophene rings is 1. The molecule has 0 aliphatic carbocycles. The number of nitrogens with zero attached hydrogens (tertiary/aromatic N) is 3. The Morgan fingerprint density at radius 1 is 1.20 bits per heavy atom. The molecule has 0 saturated heterocycles. The van der Waals surface area contributed by atoms with Crippen LogP contribution in [0.5, 0.6) is 0 Å². The van der Waals surface area contributed by atoms with Crippen molar-refractivity contribution in [1.29, 1.82) is 0 Å². The highest BCUT2D eigenvalue weighted by atomic mass is 32.1. The molecule has 1 unspecified atom stereocenters. The molecule has 1 aliphatic heterocycles. The highest BCUT2D eigenvalue weighted by molar-refractivity contribution is 7.12. The Morgan fingerprint density at radius 3 is 2.73 bits per heavy atom. The molecule has 148 valence electrons. The Bertz CT molecular complexity index is 1310. The summed E-state index contributed by atoms with van der Waals surface area (Å²) >= 11 is 1.26. The standard InChI is InChI=1S/C22H16N4O3S/c1-12-4-5-14-15(11-12)25-22(24-14)26-18(13-6-8-23-9-7-13)17(20(28)21(26)29)19(27)16-3-2-10-30-16/h2-11,18,28H,1H3,(H,24,25). The second kappa shape index (κ2) is 6.93. The van der Waals surface area contributed by atoms with E-state index in [0.717, 1.165) is 11.1 Å². The van der Waals surface area contributed by atoms with Gasteiger partial charge < -0.3 is 10.1 Å². The first-order valence-corrected chi connectivity index (χ1v) is 10.1. The van der Waals surface area contributed by atoms with Crippen molar-refractivity contribution < 1.29 is 14.7 Å². The van der Waals surface area contributed by atoms with Crippen LogP contribution in [0.2, 0.25) is 0 Å². The molecule has 0 radical (unpaired) electrons. The summed E-state index contributed by atoms with van der Waals surface area (Å²) in [6.45, 7) is 1.96. The SMILES string of the molecule is Cc1ccc2nc(N3C(=O)C(O)=C(C(=O)c4cccs4)C3c3ccncc3)[nH]c2c1.